The minimum absolute atomic E-state index is 0.0883. The number of thioether (sulfide) groups is 1. The molecule has 0 aliphatic heterocycles. The molecule has 4 aromatic rings. The predicted molar refractivity (Wildman–Crippen MR) is 167 cm³/mol. The molecule has 0 aromatic heterocycles. The molecule has 4 aromatic carbocycles. The van der Waals surface area contributed by atoms with Gasteiger partial charge in [-0.05, 0) is 78.7 Å². The molecule has 0 bridgehead atoms. The number of rotatable bonds is 9. The van der Waals surface area contributed by atoms with Gasteiger partial charge >= 0.3 is 0 Å². The van der Waals surface area contributed by atoms with E-state index in [0.717, 1.165) is 20.5 Å². The number of nitrogens with one attached hydrogen (secondary N) is 3. The summed E-state index contributed by atoms with van der Waals surface area (Å²) in [5, 5.41) is 9.00. The molecule has 0 radical (unpaired) electrons. The molecular formula is C31H25BrClN3O3S. The van der Waals surface area contributed by atoms with E-state index in [9.17, 15) is 14.4 Å². The molecule has 0 heterocycles. The zero-order valence-electron chi connectivity index (χ0n) is 21.4. The second kappa shape index (κ2) is 14.0. The lowest BCUT2D eigenvalue weighted by Gasteiger charge is -2.12. The number of benzene rings is 4. The summed E-state index contributed by atoms with van der Waals surface area (Å²) in [4.78, 5) is 39.4. The molecule has 0 saturated carbocycles. The molecular weight excluding hydrogens is 610 g/mol. The molecule has 4 rings (SSSR count). The van der Waals surface area contributed by atoms with Crippen molar-refractivity contribution >= 4 is 74.5 Å². The number of hydrogen-bond acceptors (Lipinski definition) is 4. The number of aryl methyl sites for hydroxylation is 1. The molecule has 0 saturated heterocycles. The van der Waals surface area contributed by atoms with Gasteiger partial charge in [0.2, 0.25) is 5.91 Å². The van der Waals surface area contributed by atoms with Crippen LogP contribution in [-0.4, -0.2) is 23.5 Å². The topological polar surface area (TPSA) is 87.3 Å². The van der Waals surface area contributed by atoms with Crippen molar-refractivity contribution in [1.82, 2.24) is 5.32 Å². The van der Waals surface area contributed by atoms with E-state index < -0.39 is 11.8 Å². The Labute approximate surface area is 250 Å². The van der Waals surface area contributed by atoms with Crippen LogP contribution in [0.5, 0.6) is 0 Å². The number of anilines is 2. The Balaban J connectivity index is 1.44. The third kappa shape index (κ3) is 8.58. The number of halogens is 2. The fourth-order valence-electron chi connectivity index (χ4n) is 3.55. The average Bonchev–Trinajstić information content (AvgIpc) is 2.95. The number of carbonyl (C=O) groups is 3. The molecule has 0 atom stereocenters. The Hall–Kier alpha value is -3.85. The lowest BCUT2D eigenvalue weighted by atomic mass is 10.1. The Morgan fingerprint density at radius 3 is 2.30 bits per heavy atom. The van der Waals surface area contributed by atoms with E-state index in [0.29, 0.717) is 22.0 Å². The molecule has 0 unspecified atom stereocenters. The van der Waals surface area contributed by atoms with Crippen molar-refractivity contribution in [2.24, 2.45) is 0 Å². The Kier molecular flexibility index (Phi) is 10.2. The van der Waals surface area contributed by atoms with Crippen LogP contribution < -0.4 is 16.0 Å². The summed E-state index contributed by atoms with van der Waals surface area (Å²) in [6.07, 6.45) is 1.61. The van der Waals surface area contributed by atoms with Crippen molar-refractivity contribution < 1.29 is 14.4 Å². The third-order valence-corrected chi connectivity index (χ3v) is 7.56. The second-order valence-corrected chi connectivity index (χ2v) is 11.1. The highest BCUT2D eigenvalue weighted by Crippen LogP contribution is 2.24. The van der Waals surface area contributed by atoms with Crippen molar-refractivity contribution in [1.29, 1.82) is 0 Å². The number of amides is 3. The highest BCUT2D eigenvalue weighted by Gasteiger charge is 2.15. The first kappa shape index (κ1) is 29.1. The number of carbonyl (C=O) groups excluding carboxylic acids is 3. The summed E-state index contributed by atoms with van der Waals surface area (Å²) in [5.41, 5.74) is 3.35. The van der Waals surface area contributed by atoms with Gasteiger partial charge in [-0.1, -0.05) is 70.0 Å². The van der Waals surface area contributed by atoms with Crippen LogP contribution in [0.15, 0.2) is 112 Å². The Morgan fingerprint density at radius 1 is 0.850 bits per heavy atom. The quantitative estimate of drug-likeness (QED) is 0.131. The summed E-state index contributed by atoms with van der Waals surface area (Å²) in [6, 6.07) is 28.6. The molecule has 0 aliphatic carbocycles. The molecule has 0 aliphatic rings. The number of hydrogen-bond donors (Lipinski definition) is 3. The standard InChI is InChI=1S/C31H25BrClN3O3S/c1-20-10-15-25(18-27(20)33)34-29(37)19-40-26-9-5-8-24(17-26)35-31(39)28(16-21-11-13-23(32)14-12-21)36-30(38)22-6-3-2-4-7-22/h2-18H,19H2,1H3,(H,34,37)(H,35,39)(H,36,38)/b28-16-. The summed E-state index contributed by atoms with van der Waals surface area (Å²) in [6.45, 7) is 1.90. The van der Waals surface area contributed by atoms with Crippen LogP contribution in [0, 0.1) is 6.92 Å². The van der Waals surface area contributed by atoms with Crippen LogP contribution in [-0.2, 0) is 9.59 Å². The summed E-state index contributed by atoms with van der Waals surface area (Å²) >= 11 is 10.9. The van der Waals surface area contributed by atoms with Gasteiger partial charge < -0.3 is 16.0 Å². The van der Waals surface area contributed by atoms with Crippen LogP contribution in [0.3, 0.4) is 0 Å². The van der Waals surface area contributed by atoms with Gasteiger partial charge in [0.25, 0.3) is 11.8 Å². The summed E-state index contributed by atoms with van der Waals surface area (Å²) < 4.78 is 0.898. The molecule has 0 fully saturated rings. The van der Waals surface area contributed by atoms with Gasteiger partial charge in [-0.15, -0.1) is 11.8 Å². The normalized spacial score (nSPS) is 11.0. The van der Waals surface area contributed by atoms with E-state index in [-0.39, 0.29) is 17.4 Å². The van der Waals surface area contributed by atoms with Gasteiger partial charge in [-0.25, -0.2) is 0 Å². The second-order valence-electron chi connectivity index (χ2n) is 8.71. The van der Waals surface area contributed by atoms with Crippen molar-refractivity contribution in [3.63, 3.8) is 0 Å². The maximum Gasteiger partial charge on any atom is 0.272 e. The fraction of sp³-hybridized carbons (Fsp3) is 0.0645. The summed E-state index contributed by atoms with van der Waals surface area (Å²) in [5.74, 6) is -0.888. The monoisotopic (exact) mass is 633 g/mol. The van der Waals surface area contributed by atoms with Crippen LogP contribution in [0.25, 0.3) is 6.08 Å². The zero-order chi connectivity index (χ0) is 28.5. The Bertz CT molecular complexity index is 1560. The van der Waals surface area contributed by atoms with E-state index in [1.807, 2.05) is 49.4 Å². The van der Waals surface area contributed by atoms with Crippen molar-refractivity contribution in [3.8, 4) is 0 Å². The highest BCUT2D eigenvalue weighted by molar-refractivity contribution is 9.10. The lowest BCUT2D eigenvalue weighted by Crippen LogP contribution is -2.30. The van der Waals surface area contributed by atoms with Gasteiger partial charge in [-0.3, -0.25) is 14.4 Å². The maximum absolute atomic E-state index is 13.3. The lowest BCUT2D eigenvalue weighted by molar-refractivity contribution is -0.114. The van der Waals surface area contributed by atoms with E-state index in [4.69, 9.17) is 11.6 Å². The minimum atomic E-state index is -0.483. The van der Waals surface area contributed by atoms with E-state index in [2.05, 4.69) is 31.9 Å². The first-order valence-corrected chi connectivity index (χ1v) is 14.4. The van der Waals surface area contributed by atoms with Crippen LogP contribution in [0.4, 0.5) is 11.4 Å². The molecule has 202 valence electrons. The molecule has 9 heteroatoms. The molecule has 40 heavy (non-hydrogen) atoms. The van der Waals surface area contributed by atoms with Crippen molar-refractivity contribution in [2.75, 3.05) is 16.4 Å². The van der Waals surface area contributed by atoms with Crippen molar-refractivity contribution in [2.45, 2.75) is 11.8 Å². The van der Waals surface area contributed by atoms with Gasteiger partial charge in [0.05, 0.1) is 5.75 Å². The largest absolute Gasteiger partial charge is 0.325 e. The van der Waals surface area contributed by atoms with E-state index >= 15 is 0 Å². The summed E-state index contributed by atoms with van der Waals surface area (Å²) in [7, 11) is 0. The Morgan fingerprint density at radius 2 is 1.57 bits per heavy atom. The molecule has 6 nitrogen and oxygen atoms in total. The van der Waals surface area contributed by atoms with E-state index in [1.165, 1.54) is 11.8 Å². The maximum atomic E-state index is 13.3. The van der Waals surface area contributed by atoms with Gasteiger partial charge in [0.15, 0.2) is 0 Å². The predicted octanol–water partition coefficient (Wildman–Crippen LogP) is 7.55. The molecule has 3 N–H and O–H groups in total. The van der Waals surface area contributed by atoms with Gasteiger partial charge in [0.1, 0.15) is 5.70 Å². The van der Waals surface area contributed by atoms with E-state index in [1.54, 1.807) is 60.7 Å². The van der Waals surface area contributed by atoms with Gasteiger partial charge in [-0.2, -0.15) is 0 Å². The van der Waals surface area contributed by atoms with Crippen LogP contribution >= 0.6 is 39.3 Å². The first-order valence-electron chi connectivity index (χ1n) is 12.2. The smallest absolute Gasteiger partial charge is 0.272 e. The molecule has 3 amide bonds. The third-order valence-electron chi connectivity index (χ3n) is 5.63. The fourth-order valence-corrected chi connectivity index (χ4v) is 4.75. The van der Waals surface area contributed by atoms with Gasteiger partial charge in [0, 0.05) is 31.3 Å². The molecule has 0 spiro atoms. The average molecular weight is 635 g/mol. The minimum Gasteiger partial charge on any atom is -0.325 e. The highest BCUT2D eigenvalue weighted by atomic mass is 79.9. The first-order chi connectivity index (χ1) is 19.3. The van der Waals surface area contributed by atoms with Crippen molar-refractivity contribution in [3.05, 3.63) is 129 Å². The van der Waals surface area contributed by atoms with Crippen LogP contribution in [0.2, 0.25) is 5.02 Å². The zero-order valence-corrected chi connectivity index (χ0v) is 24.6. The van der Waals surface area contributed by atoms with Crippen LogP contribution in [0.1, 0.15) is 21.5 Å². The SMILES string of the molecule is Cc1ccc(NC(=O)CSc2cccc(NC(=O)/C(=C/c3ccc(Br)cc3)NC(=O)c3ccccc3)c2)cc1Cl.